The van der Waals surface area contributed by atoms with Gasteiger partial charge in [0.05, 0.1) is 12.1 Å². The first kappa shape index (κ1) is 16.9. The summed E-state index contributed by atoms with van der Waals surface area (Å²) in [4.78, 5) is 6.58. The maximum Gasteiger partial charge on any atom is 0.280 e. The third-order valence-electron chi connectivity index (χ3n) is 4.10. The highest BCUT2D eigenvalue weighted by molar-refractivity contribution is 7.87. The van der Waals surface area contributed by atoms with Gasteiger partial charge >= 0.3 is 0 Å². The molecule has 3 rings (SSSR count). The van der Waals surface area contributed by atoms with E-state index < -0.39 is 10.2 Å². The number of aromatic nitrogens is 1. The van der Waals surface area contributed by atoms with Crippen LogP contribution < -0.4 is 4.72 Å². The van der Waals surface area contributed by atoms with Gasteiger partial charge in [0.1, 0.15) is 0 Å². The van der Waals surface area contributed by atoms with Crippen LogP contribution in [0.3, 0.4) is 0 Å². The van der Waals surface area contributed by atoms with Crippen LogP contribution in [0, 0.1) is 12.3 Å². The summed E-state index contributed by atoms with van der Waals surface area (Å²) >= 11 is 0. The van der Waals surface area contributed by atoms with Crippen LogP contribution in [0.25, 0.3) is 10.9 Å². The highest BCUT2D eigenvalue weighted by Gasteiger charge is 2.26. The monoisotopic (exact) mass is 344 g/mol. The Bertz CT molecular complexity index is 852. The Kier molecular flexibility index (Phi) is 5.11. The van der Waals surface area contributed by atoms with Crippen molar-refractivity contribution in [1.29, 1.82) is 0 Å². The van der Waals surface area contributed by atoms with Crippen LogP contribution in [0.2, 0.25) is 0 Å². The van der Waals surface area contributed by atoms with Gasteiger partial charge in [0, 0.05) is 44.3 Å². The van der Waals surface area contributed by atoms with Gasteiger partial charge in [0.25, 0.3) is 10.2 Å². The molecular weight excluding hydrogens is 324 g/mol. The zero-order valence-corrected chi connectivity index (χ0v) is 14.2. The van der Waals surface area contributed by atoms with Crippen molar-refractivity contribution in [2.75, 3.05) is 32.7 Å². The van der Waals surface area contributed by atoms with Gasteiger partial charge in [-0.1, -0.05) is 18.1 Å². The molecule has 2 heterocycles. The maximum absolute atomic E-state index is 12.0. The number of terminal acetylenes is 1. The van der Waals surface area contributed by atoms with E-state index in [1.807, 2.05) is 18.2 Å². The quantitative estimate of drug-likeness (QED) is 0.816. The van der Waals surface area contributed by atoms with Crippen molar-refractivity contribution < 1.29 is 8.42 Å². The molecule has 0 radical (unpaired) electrons. The van der Waals surface area contributed by atoms with Crippen molar-refractivity contribution in [3.63, 3.8) is 0 Å². The van der Waals surface area contributed by atoms with Crippen molar-refractivity contribution in [3.05, 3.63) is 42.1 Å². The fourth-order valence-electron chi connectivity index (χ4n) is 2.83. The summed E-state index contributed by atoms with van der Waals surface area (Å²) in [6.45, 7) is 3.15. The molecule has 2 aromatic rings. The number of fused-ring (bicyclic) bond motifs is 1. The molecule has 0 atom stereocenters. The number of nitrogens with zero attached hydrogens (tertiary/aromatic N) is 3. The van der Waals surface area contributed by atoms with Gasteiger partial charge in [-0.3, -0.25) is 9.88 Å². The minimum absolute atomic E-state index is 0.0215. The second kappa shape index (κ2) is 7.28. The fourth-order valence-corrected chi connectivity index (χ4v) is 3.93. The Hall–Kier alpha value is -1.98. The van der Waals surface area contributed by atoms with Gasteiger partial charge in [0.15, 0.2) is 0 Å². The summed E-state index contributed by atoms with van der Waals surface area (Å²) in [5.74, 6) is 2.29. The Morgan fingerprint density at radius 1 is 1.21 bits per heavy atom. The van der Waals surface area contributed by atoms with E-state index in [4.69, 9.17) is 6.42 Å². The minimum Gasteiger partial charge on any atom is -0.296 e. The Labute approximate surface area is 142 Å². The molecular formula is C17H20N4O2S. The molecule has 126 valence electrons. The molecule has 1 fully saturated rings. The Balaban J connectivity index is 1.59. The average Bonchev–Trinajstić information content (AvgIpc) is 2.60. The number of benzene rings is 1. The zero-order valence-electron chi connectivity index (χ0n) is 13.4. The maximum atomic E-state index is 12.0. The van der Waals surface area contributed by atoms with Crippen molar-refractivity contribution >= 4 is 21.1 Å². The van der Waals surface area contributed by atoms with Gasteiger partial charge in [-0.15, -0.1) is 6.42 Å². The third-order valence-corrected chi connectivity index (χ3v) is 5.66. The lowest BCUT2D eigenvalue weighted by Crippen LogP contribution is -2.51. The number of hydrogen-bond donors (Lipinski definition) is 1. The molecule has 1 aliphatic rings. The molecule has 1 saturated heterocycles. The van der Waals surface area contributed by atoms with Crippen LogP contribution in [0.4, 0.5) is 0 Å². The Morgan fingerprint density at radius 2 is 2.00 bits per heavy atom. The van der Waals surface area contributed by atoms with Gasteiger partial charge in [-0.25, -0.2) is 0 Å². The molecule has 0 spiro atoms. The summed E-state index contributed by atoms with van der Waals surface area (Å²) in [5, 5.41) is 1.12. The number of pyridine rings is 1. The highest BCUT2D eigenvalue weighted by Crippen LogP contribution is 2.16. The van der Waals surface area contributed by atoms with Crippen molar-refractivity contribution in [2.24, 2.45) is 0 Å². The largest absolute Gasteiger partial charge is 0.296 e. The second-order valence-corrected chi connectivity index (χ2v) is 7.49. The van der Waals surface area contributed by atoms with Gasteiger partial charge < -0.3 is 0 Å². The third kappa shape index (κ3) is 3.91. The molecule has 0 unspecified atom stereocenters. The number of piperazine rings is 1. The van der Waals surface area contributed by atoms with Crippen molar-refractivity contribution in [1.82, 2.24) is 18.9 Å². The molecule has 0 aliphatic carbocycles. The van der Waals surface area contributed by atoms with E-state index in [2.05, 4.69) is 32.7 Å². The first-order valence-electron chi connectivity index (χ1n) is 7.83. The molecule has 1 aromatic carbocycles. The summed E-state index contributed by atoms with van der Waals surface area (Å²) < 4.78 is 27.9. The summed E-state index contributed by atoms with van der Waals surface area (Å²) in [5.41, 5.74) is 2.19. The van der Waals surface area contributed by atoms with Crippen LogP contribution in [0.1, 0.15) is 5.56 Å². The summed E-state index contributed by atoms with van der Waals surface area (Å²) in [6, 6.07) is 10.2. The zero-order chi connectivity index (χ0) is 17.0. The molecule has 1 N–H and O–H groups in total. The van der Waals surface area contributed by atoms with Crippen LogP contribution in [-0.2, 0) is 16.8 Å². The Morgan fingerprint density at radius 3 is 2.75 bits per heavy atom. The topological polar surface area (TPSA) is 65.5 Å². The van der Waals surface area contributed by atoms with E-state index in [0.717, 1.165) is 17.4 Å². The minimum atomic E-state index is -3.46. The van der Waals surface area contributed by atoms with Crippen LogP contribution in [0.15, 0.2) is 36.5 Å². The lowest BCUT2D eigenvalue weighted by molar-refractivity contribution is 0.181. The van der Waals surface area contributed by atoms with Crippen LogP contribution >= 0.6 is 0 Å². The van der Waals surface area contributed by atoms with Crippen molar-refractivity contribution in [3.8, 4) is 12.3 Å². The normalized spacial score (nSPS) is 17.0. The van der Waals surface area contributed by atoms with Crippen molar-refractivity contribution in [2.45, 2.75) is 6.54 Å². The van der Waals surface area contributed by atoms with E-state index in [1.165, 1.54) is 9.87 Å². The number of hydrogen-bond acceptors (Lipinski definition) is 4. The first-order chi connectivity index (χ1) is 11.6. The lowest BCUT2D eigenvalue weighted by atomic mass is 10.1. The van der Waals surface area contributed by atoms with Gasteiger partial charge in [0.2, 0.25) is 0 Å². The molecule has 0 saturated carbocycles. The smallest absolute Gasteiger partial charge is 0.280 e. The molecule has 7 heteroatoms. The molecule has 1 aliphatic heterocycles. The van der Waals surface area contributed by atoms with E-state index in [-0.39, 0.29) is 6.54 Å². The summed E-state index contributed by atoms with van der Waals surface area (Å²) in [7, 11) is -3.46. The fraction of sp³-hybridized carbons (Fsp3) is 0.353. The number of rotatable bonds is 5. The van der Waals surface area contributed by atoms with Crippen LogP contribution in [0.5, 0.6) is 0 Å². The highest BCUT2D eigenvalue weighted by atomic mass is 32.2. The molecule has 24 heavy (non-hydrogen) atoms. The standard InChI is InChI=1S/C17H20N4O2S/c1-2-7-19-24(22,23)21-11-9-20(10-12-21)14-15-5-6-17-16(13-15)4-3-8-18-17/h1,3-6,8,13,19H,7,9-12,14H2. The van der Waals surface area contributed by atoms with Gasteiger partial charge in [-0.05, 0) is 23.8 Å². The van der Waals surface area contributed by atoms with E-state index in [1.54, 1.807) is 6.20 Å². The van der Waals surface area contributed by atoms with E-state index in [0.29, 0.717) is 26.2 Å². The lowest BCUT2D eigenvalue weighted by Gasteiger charge is -2.33. The second-order valence-electron chi connectivity index (χ2n) is 5.74. The SMILES string of the molecule is C#CCNS(=O)(=O)N1CCN(Cc2ccc3ncccc3c2)CC1. The molecule has 0 bridgehead atoms. The van der Waals surface area contributed by atoms with E-state index in [9.17, 15) is 8.42 Å². The average molecular weight is 344 g/mol. The predicted octanol–water partition coefficient (Wildman–Crippen LogP) is 0.820. The predicted molar refractivity (Wildman–Crippen MR) is 94.3 cm³/mol. The molecule has 0 amide bonds. The number of nitrogens with one attached hydrogen (secondary N) is 1. The van der Waals surface area contributed by atoms with E-state index >= 15 is 0 Å². The summed E-state index contributed by atoms with van der Waals surface area (Å²) in [6.07, 6.45) is 6.89. The van der Waals surface area contributed by atoms with Gasteiger partial charge in [-0.2, -0.15) is 17.4 Å². The first-order valence-corrected chi connectivity index (χ1v) is 9.27. The van der Waals surface area contributed by atoms with Crippen LogP contribution in [-0.4, -0.2) is 55.3 Å². The molecule has 6 nitrogen and oxygen atoms in total. The molecule has 1 aromatic heterocycles.